The molecule has 2 bridgehead atoms. The third kappa shape index (κ3) is 7.81. The summed E-state index contributed by atoms with van der Waals surface area (Å²) in [4.78, 5) is 76.9. The summed E-state index contributed by atoms with van der Waals surface area (Å²) in [5.41, 5.74) is -1.63. The standard InChI is InChI=1S/C41H52N6O10S/c1-3-26-22-41(26,38(51)45-58(53,54)28-18-19-28)44-35(48)30-21-27-23-47(30)37(50)34(25-12-6-7-13-25)43-40(52)57-31-16-9-14-24(31)11-5-4-8-20-46-36(49)33-29(42-39(46)56-27)15-10-17-32(33)55-2/h3-4,8,10,15,17,24-28,30-31,34H,1,5-7,9,11-14,16,18-23H2,2H3,(H,43,52)(H,44,48)(H,45,51)/b8-4+/t24-,26-,27-,30+,31-,34+,41-/m1/s1. The predicted molar refractivity (Wildman–Crippen MR) is 211 cm³/mol. The van der Waals surface area contributed by atoms with Gasteiger partial charge in [0.05, 0.1) is 24.4 Å². The molecule has 1 aromatic carbocycles. The summed E-state index contributed by atoms with van der Waals surface area (Å²) in [6.45, 7) is 3.81. The second kappa shape index (κ2) is 16.0. The second-order valence-electron chi connectivity index (χ2n) is 16.7. The number of aromatic nitrogens is 2. The first-order chi connectivity index (χ1) is 27.9. The molecule has 8 rings (SSSR count). The number of amides is 4. The van der Waals surface area contributed by atoms with Crippen molar-refractivity contribution < 1.29 is 41.8 Å². The van der Waals surface area contributed by atoms with Gasteiger partial charge in [-0.25, -0.2) is 13.2 Å². The molecule has 58 heavy (non-hydrogen) atoms. The number of alkyl carbamates (subject to hydrolysis) is 1. The number of nitrogens with one attached hydrogen (secondary N) is 3. The zero-order chi connectivity index (χ0) is 40.8. The highest BCUT2D eigenvalue weighted by Crippen LogP contribution is 2.46. The van der Waals surface area contributed by atoms with Gasteiger partial charge in [0, 0.05) is 18.9 Å². The Morgan fingerprint density at radius 1 is 1.02 bits per heavy atom. The first kappa shape index (κ1) is 39.9. The van der Waals surface area contributed by atoms with Crippen molar-refractivity contribution in [3.05, 3.63) is 53.4 Å². The van der Waals surface area contributed by atoms with Crippen LogP contribution >= 0.6 is 0 Å². The van der Waals surface area contributed by atoms with Crippen LogP contribution in [0.5, 0.6) is 11.8 Å². The van der Waals surface area contributed by atoms with E-state index in [-0.39, 0.29) is 60.8 Å². The first-order valence-electron chi connectivity index (χ1n) is 20.6. The van der Waals surface area contributed by atoms with Crippen LogP contribution in [0.15, 0.2) is 47.8 Å². The fourth-order valence-corrected chi connectivity index (χ4v) is 10.8. The van der Waals surface area contributed by atoms with Gasteiger partial charge in [0.2, 0.25) is 21.8 Å². The van der Waals surface area contributed by atoms with Gasteiger partial charge in [-0.2, -0.15) is 4.98 Å². The summed E-state index contributed by atoms with van der Waals surface area (Å²) in [7, 11) is -2.45. The van der Waals surface area contributed by atoms with Crippen LogP contribution in [0, 0.1) is 17.8 Å². The van der Waals surface area contributed by atoms with Gasteiger partial charge in [-0.05, 0) is 88.2 Å². The van der Waals surface area contributed by atoms with Crippen molar-refractivity contribution >= 4 is 44.7 Å². The molecular weight excluding hydrogens is 769 g/mol. The maximum Gasteiger partial charge on any atom is 0.408 e. The van der Waals surface area contributed by atoms with Gasteiger partial charge in [-0.15, -0.1) is 6.58 Å². The molecule has 17 heteroatoms. The van der Waals surface area contributed by atoms with Gasteiger partial charge >= 0.3 is 6.09 Å². The third-order valence-corrected chi connectivity index (χ3v) is 14.7. The second-order valence-corrected chi connectivity index (χ2v) is 18.6. The van der Waals surface area contributed by atoms with Crippen LogP contribution in [0.1, 0.15) is 83.5 Å². The van der Waals surface area contributed by atoms with E-state index in [4.69, 9.17) is 19.2 Å². The molecule has 2 aromatic rings. The summed E-state index contributed by atoms with van der Waals surface area (Å²) < 4.78 is 47.2. The summed E-state index contributed by atoms with van der Waals surface area (Å²) in [6.07, 6.45) is 11.6. The molecule has 4 saturated carbocycles. The van der Waals surface area contributed by atoms with E-state index in [1.54, 1.807) is 18.2 Å². The Balaban J connectivity index is 1.16. The molecule has 0 unspecified atom stereocenters. The number of fused-ring (bicyclic) bond motifs is 5. The molecule has 0 radical (unpaired) electrons. The highest BCUT2D eigenvalue weighted by atomic mass is 32.2. The number of carbonyl (C=O) groups excluding carboxylic acids is 4. The number of sulfonamides is 1. The highest BCUT2D eigenvalue weighted by molar-refractivity contribution is 7.91. The molecule has 4 aliphatic carbocycles. The molecule has 1 saturated heterocycles. The molecule has 5 fully saturated rings. The third-order valence-electron chi connectivity index (χ3n) is 12.9. The minimum atomic E-state index is -3.93. The number of ether oxygens (including phenoxy) is 3. The number of methoxy groups -OCH3 is 1. The van der Waals surface area contributed by atoms with Crippen molar-refractivity contribution in [3.63, 3.8) is 0 Å². The average Bonchev–Trinajstić information content (AvgIpc) is 3.99. The van der Waals surface area contributed by atoms with E-state index in [0.29, 0.717) is 49.8 Å². The molecule has 3 N–H and O–H groups in total. The fraction of sp³-hybridized carbons (Fsp3) is 0.610. The number of rotatable bonds is 8. The lowest BCUT2D eigenvalue weighted by Gasteiger charge is -2.32. The summed E-state index contributed by atoms with van der Waals surface area (Å²) in [6, 6.07) is 2.88. The number of hydrogen-bond acceptors (Lipinski definition) is 11. The number of benzene rings is 1. The molecule has 312 valence electrons. The van der Waals surface area contributed by atoms with Crippen LogP contribution in [0.2, 0.25) is 0 Å². The van der Waals surface area contributed by atoms with E-state index < -0.39 is 68.7 Å². The zero-order valence-electron chi connectivity index (χ0n) is 32.7. The molecular formula is C41H52N6O10S. The van der Waals surface area contributed by atoms with Crippen LogP contribution in [0.25, 0.3) is 10.9 Å². The lowest BCUT2D eigenvalue weighted by molar-refractivity contribution is -0.142. The lowest BCUT2D eigenvalue weighted by atomic mass is 9.96. The van der Waals surface area contributed by atoms with Crippen LogP contribution in [0.4, 0.5) is 4.79 Å². The van der Waals surface area contributed by atoms with E-state index in [1.807, 2.05) is 12.2 Å². The van der Waals surface area contributed by atoms with E-state index in [9.17, 15) is 32.4 Å². The highest BCUT2D eigenvalue weighted by Gasteiger charge is 2.62. The normalized spacial score (nSPS) is 31.1. The number of hydrogen-bond donors (Lipinski definition) is 3. The van der Waals surface area contributed by atoms with Gasteiger partial charge in [-0.1, -0.05) is 37.1 Å². The van der Waals surface area contributed by atoms with Crippen LogP contribution in [0.3, 0.4) is 0 Å². The van der Waals surface area contributed by atoms with Gasteiger partial charge in [-0.3, -0.25) is 28.5 Å². The molecule has 0 spiro atoms. The van der Waals surface area contributed by atoms with Crippen LogP contribution in [-0.2, 0) is 35.7 Å². The fourth-order valence-electron chi connectivity index (χ4n) is 9.42. The predicted octanol–water partition coefficient (Wildman–Crippen LogP) is 3.23. The van der Waals surface area contributed by atoms with Gasteiger partial charge in [0.25, 0.3) is 17.5 Å². The van der Waals surface area contributed by atoms with Crippen LogP contribution in [-0.4, -0.2) is 95.4 Å². The molecule has 6 aliphatic rings. The molecule has 2 aliphatic heterocycles. The van der Waals surface area contributed by atoms with Crippen molar-refractivity contribution in [1.82, 2.24) is 29.8 Å². The first-order valence-corrected chi connectivity index (χ1v) is 22.1. The Morgan fingerprint density at radius 2 is 1.79 bits per heavy atom. The maximum absolute atomic E-state index is 14.9. The van der Waals surface area contributed by atoms with Crippen molar-refractivity contribution in [3.8, 4) is 11.8 Å². The molecule has 4 amide bonds. The molecule has 7 atom stereocenters. The van der Waals surface area contributed by atoms with E-state index in [1.165, 1.54) is 22.7 Å². The Morgan fingerprint density at radius 3 is 2.52 bits per heavy atom. The monoisotopic (exact) mass is 820 g/mol. The van der Waals surface area contributed by atoms with Crippen LogP contribution < -0.4 is 30.4 Å². The Labute approximate surface area is 337 Å². The Kier molecular flexibility index (Phi) is 11.0. The molecule has 3 heterocycles. The Bertz CT molecular complexity index is 2180. The minimum Gasteiger partial charge on any atom is -0.496 e. The van der Waals surface area contributed by atoms with E-state index >= 15 is 0 Å². The molecule has 1 aromatic heterocycles. The number of nitrogens with zero attached hydrogens (tertiary/aromatic N) is 3. The summed E-state index contributed by atoms with van der Waals surface area (Å²) >= 11 is 0. The zero-order valence-corrected chi connectivity index (χ0v) is 33.5. The summed E-state index contributed by atoms with van der Waals surface area (Å²) in [5, 5.41) is 5.34. The minimum absolute atomic E-state index is 0.00470. The quantitative estimate of drug-likeness (QED) is 0.330. The largest absolute Gasteiger partial charge is 0.496 e. The smallest absolute Gasteiger partial charge is 0.408 e. The number of allylic oxidation sites excluding steroid dienone is 2. The van der Waals surface area contributed by atoms with Crippen molar-refractivity contribution in [1.29, 1.82) is 0 Å². The Hall–Kier alpha value is -4.93. The maximum atomic E-state index is 14.9. The topological polar surface area (TPSA) is 204 Å². The summed E-state index contributed by atoms with van der Waals surface area (Å²) in [5.74, 6) is -2.32. The SMILES string of the molecule is C=C[C@@H]1C[C@]1(NC(=O)[C@@H]1C[C@@H]2CN1C(=O)[C@H](C1CCCC1)NC(=O)O[C@@H]1CCC[C@H]1CC/C=C/Cn1c(nc3cccc(OC)c3c1=O)O2)C(=O)NS(=O)(=O)C1CC1. The van der Waals surface area contributed by atoms with Gasteiger partial charge in [0.15, 0.2) is 0 Å². The van der Waals surface area contributed by atoms with Gasteiger partial charge in [0.1, 0.15) is 41.0 Å². The van der Waals surface area contributed by atoms with Crippen molar-refractivity contribution in [2.24, 2.45) is 17.8 Å². The van der Waals surface area contributed by atoms with E-state index in [2.05, 4.69) is 21.9 Å². The lowest BCUT2D eigenvalue weighted by Crippen LogP contribution is -2.59. The van der Waals surface area contributed by atoms with Gasteiger partial charge < -0.3 is 29.7 Å². The molecule has 16 nitrogen and oxygen atoms in total. The average molecular weight is 821 g/mol. The number of carbonyl (C=O) groups is 4. The van der Waals surface area contributed by atoms with E-state index in [0.717, 1.165) is 32.1 Å². The van der Waals surface area contributed by atoms with Crippen molar-refractivity contribution in [2.45, 2.75) is 125 Å². The van der Waals surface area contributed by atoms with Crippen molar-refractivity contribution in [2.75, 3.05) is 13.7 Å².